The largest absolute Gasteiger partial charge is 0.381 e. The Labute approximate surface area is 193 Å². The van der Waals surface area contributed by atoms with Crippen LogP contribution >= 0.6 is 0 Å². The summed E-state index contributed by atoms with van der Waals surface area (Å²) in [5.74, 6) is 5.88. The van der Waals surface area contributed by atoms with E-state index in [-0.39, 0.29) is 0 Å². The van der Waals surface area contributed by atoms with E-state index >= 15 is 0 Å². The molecule has 0 amide bonds. The van der Waals surface area contributed by atoms with Crippen LogP contribution in [0.3, 0.4) is 0 Å². The van der Waals surface area contributed by atoms with Crippen molar-refractivity contribution in [3.8, 4) is 0 Å². The Morgan fingerprint density at radius 1 is 1.03 bits per heavy atom. The molecule has 0 heterocycles. The minimum absolute atomic E-state index is 0.453. The lowest BCUT2D eigenvalue weighted by Gasteiger charge is -2.58. The first-order chi connectivity index (χ1) is 14.7. The summed E-state index contributed by atoms with van der Waals surface area (Å²) >= 11 is 0. The molecule has 9 unspecified atom stereocenters. The van der Waals surface area contributed by atoms with Crippen molar-refractivity contribution in [1.82, 2.24) is 0 Å². The molecule has 4 aliphatic rings. The van der Waals surface area contributed by atoms with Crippen LogP contribution in [0.4, 0.5) is 0 Å². The van der Waals surface area contributed by atoms with Crippen LogP contribution < -0.4 is 0 Å². The molecule has 9 atom stereocenters. The van der Waals surface area contributed by atoms with Gasteiger partial charge in [0, 0.05) is 7.11 Å². The van der Waals surface area contributed by atoms with Crippen LogP contribution in [0.1, 0.15) is 99.3 Å². The van der Waals surface area contributed by atoms with Crippen molar-refractivity contribution < 1.29 is 4.74 Å². The van der Waals surface area contributed by atoms with Gasteiger partial charge in [0.05, 0.1) is 6.10 Å². The third-order valence-electron chi connectivity index (χ3n) is 11.1. The van der Waals surface area contributed by atoms with Gasteiger partial charge in [0.25, 0.3) is 0 Å². The smallest absolute Gasteiger partial charge is 0.0608 e. The summed E-state index contributed by atoms with van der Waals surface area (Å²) < 4.78 is 5.76. The topological polar surface area (TPSA) is 9.23 Å². The molecule has 0 radical (unpaired) electrons. The van der Waals surface area contributed by atoms with Crippen LogP contribution in [0, 0.1) is 52.3 Å². The average molecular weight is 427 g/mol. The van der Waals surface area contributed by atoms with Crippen LogP contribution in [0.2, 0.25) is 0 Å². The van der Waals surface area contributed by atoms with Crippen LogP contribution in [-0.2, 0) is 4.74 Å². The molecule has 3 fully saturated rings. The summed E-state index contributed by atoms with van der Waals surface area (Å²) in [4.78, 5) is 0. The molecule has 4 rings (SSSR count). The number of fused-ring (bicyclic) bond motifs is 5. The Bertz CT molecular complexity index is 689. The molecule has 1 nitrogen and oxygen atoms in total. The van der Waals surface area contributed by atoms with Crippen molar-refractivity contribution >= 4 is 0 Å². The van der Waals surface area contributed by atoms with Crippen molar-refractivity contribution in [1.29, 1.82) is 0 Å². The summed E-state index contributed by atoms with van der Waals surface area (Å²) in [6.45, 7) is 14.9. The molecule has 0 aliphatic heterocycles. The number of ether oxygens (including phenoxy) is 1. The lowest BCUT2D eigenvalue weighted by Crippen LogP contribution is -2.50. The second-order valence-electron chi connectivity index (χ2n) is 12.6. The van der Waals surface area contributed by atoms with Gasteiger partial charge in [-0.1, -0.05) is 65.3 Å². The van der Waals surface area contributed by atoms with E-state index in [2.05, 4.69) is 59.8 Å². The van der Waals surface area contributed by atoms with E-state index in [1.165, 1.54) is 57.8 Å². The first-order valence-corrected chi connectivity index (χ1v) is 13.6. The SMILES string of the molecule is CCC(/C=C/C(C)C1CCC2C3CC=C4CC(OC)CCC4(C)C3CCC12C)C(C)C. The summed E-state index contributed by atoms with van der Waals surface area (Å²) in [6.07, 6.45) is 20.6. The van der Waals surface area contributed by atoms with Crippen LogP contribution in [0.15, 0.2) is 23.8 Å². The monoisotopic (exact) mass is 426 g/mol. The average Bonchev–Trinajstić information content (AvgIpc) is 3.10. The van der Waals surface area contributed by atoms with Crippen LogP contribution in [0.5, 0.6) is 0 Å². The highest BCUT2D eigenvalue weighted by Gasteiger charge is 2.59. The molecule has 0 N–H and O–H groups in total. The molecule has 0 aromatic carbocycles. The highest BCUT2D eigenvalue weighted by molar-refractivity contribution is 5.25. The molecule has 31 heavy (non-hydrogen) atoms. The van der Waals surface area contributed by atoms with Gasteiger partial charge in [0.1, 0.15) is 0 Å². The molecule has 0 aromatic rings. The van der Waals surface area contributed by atoms with Crippen LogP contribution in [0.25, 0.3) is 0 Å². The Kier molecular flexibility index (Phi) is 6.85. The van der Waals surface area contributed by atoms with Gasteiger partial charge in [-0.3, -0.25) is 0 Å². The Morgan fingerprint density at radius 3 is 2.48 bits per heavy atom. The summed E-state index contributed by atoms with van der Waals surface area (Å²) in [5, 5.41) is 0. The molecular formula is C30H50O. The van der Waals surface area contributed by atoms with E-state index in [4.69, 9.17) is 4.74 Å². The Hall–Kier alpha value is -0.560. The summed E-state index contributed by atoms with van der Waals surface area (Å²) in [7, 11) is 1.91. The predicted molar refractivity (Wildman–Crippen MR) is 133 cm³/mol. The number of hydrogen-bond acceptors (Lipinski definition) is 1. The summed E-state index contributed by atoms with van der Waals surface area (Å²) in [6, 6.07) is 0. The van der Waals surface area contributed by atoms with E-state index in [1.54, 1.807) is 5.57 Å². The maximum atomic E-state index is 5.76. The second kappa shape index (κ2) is 9.00. The quantitative estimate of drug-likeness (QED) is 0.387. The molecular weight excluding hydrogens is 376 g/mol. The fourth-order valence-corrected chi connectivity index (χ4v) is 9.01. The van der Waals surface area contributed by atoms with E-state index < -0.39 is 0 Å². The normalized spacial score (nSPS) is 44.5. The fraction of sp³-hybridized carbons (Fsp3) is 0.867. The number of hydrogen-bond donors (Lipinski definition) is 0. The van der Waals surface area contributed by atoms with Gasteiger partial charge in [-0.15, -0.1) is 0 Å². The molecule has 4 aliphatic carbocycles. The van der Waals surface area contributed by atoms with Gasteiger partial charge in [-0.25, -0.2) is 0 Å². The van der Waals surface area contributed by atoms with Crippen molar-refractivity contribution in [2.24, 2.45) is 52.3 Å². The molecule has 0 saturated heterocycles. The molecule has 176 valence electrons. The van der Waals surface area contributed by atoms with Crippen molar-refractivity contribution in [3.63, 3.8) is 0 Å². The maximum Gasteiger partial charge on any atom is 0.0608 e. The highest BCUT2D eigenvalue weighted by Crippen LogP contribution is 2.67. The highest BCUT2D eigenvalue weighted by atomic mass is 16.5. The van der Waals surface area contributed by atoms with Crippen molar-refractivity contribution in [2.45, 2.75) is 105 Å². The van der Waals surface area contributed by atoms with E-state index in [0.717, 1.165) is 41.4 Å². The minimum atomic E-state index is 0.453. The van der Waals surface area contributed by atoms with Crippen molar-refractivity contribution in [2.75, 3.05) is 7.11 Å². The molecule has 1 heteroatoms. The van der Waals surface area contributed by atoms with E-state index in [1.807, 2.05) is 7.11 Å². The third kappa shape index (κ3) is 4.00. The first-order valence-electron chi connectivity index (χ1n) is 13.6. The second-order valence-corrected chi connectivity index (χ2v) is 12.6. The molecule has 0 spiro atoms. The van der Waals surface area contributed by atoms with Gasteiger partial charge in [-0.05, 0) is 110 Å². The van der Waals surface area contributed by atoms with E-state index in [0.29, 0.717) is 16.9 Å². The van der Waals surface area contributed by atoms with Gasteiger partial charge in [0.15, 0.2) is 0 Å². The van der Waals surface area contributed by atoms with E-state index in [9.17, 15) is 0 Å². The maximum absolute atomic E-state index is 5.76. The third-order valence-corrected chi connectivity index (χ3v) is 11.1. The zero-order valence-electron chi connectivity index (χ0n) is 21.6. The predicted octanol–water partition coefficient (Wildman–Crippen LogP) is 8.45. The summed E-state index contributed by atoms with van der Waals surface area (Å²) in [5.41, 5.74) is 2.75. The fourth-order valence-electron chi connectivity index (χ4n) is 9.01. The van der Waals surface area contributed by atoms with Gasteiger partial charge in [0.2, 0.25) is 0 Å². The Balaban J connectivity index is 1.51. The van der Waals surface area contributed by atoms with Gasteiger partial charge >= 0.3 is 0 Å². The number of rotatable bonds is 6. The molecule has 0 aromatic heterocycles. The first kappa shape index (κ1) is 23.6. The van der Waals surface area contributed by atoms with Crippen LogP contribution in [-0.4, -0.2) is 13.2 Å². The molecule has 0 bridgehead atoms. The van der Waals surface area contributed by atoms with Gasteiger partial charge in [-0.2, -0.15) is 0 Å². The van der Waals surface area contributed by atoms with Crippen molar-refractivity contribution in [3.05, 3.63) is 23.8 Å². The lowest BCUT2D eigenvalue weighted by molar-refractivity contribution is -0.0572. The lowest BCUT2D eigenvalue weighted by atomic mass is 9.47. The number of methoxy groups -OCH3 is 1. The van der Waals surface area contributed by atoms with Gasteiger partial charge < -0.3 is 4.74 Å². The standard InChI is InChI=1S/C30H50O/c1-8-22(20(2)3)10-9-21(4)26-13-14-27-25-12-11-23-19-24(31-7)15-17-29(23,5)28(25)16-18-30(26,27)6/h9-11,20-22,24-28H,8,12-19H2,1-7H3/b10-9+. The number of allylic oxidation sites excluding steroid dienone is 3. The zero-order valence-corrected chi connectivity index (χ0v) is 21.6. The zero-order chi connectivity index (χ0) is 22.4. The minimum Gasteiger partial charge on any atom is -0.381 e. The Morgan fingerprint density at radius 2 is 1.81 bits per heavy atom. The molecule has 3 saturated carbocycles.